The van der Waals surface area contributed by atoms with Crippen molar-refractivity contribution < 1.29 is 4.74 Å². The molecule has 1 aromatic heterocycles. The van der Waals surface area contributed by atoms with Crippen LogP contribution >= 0.6 is 15.9 Å². The van der Waals surface area contributed by atoms with Gasteiger partial charge in [0.15, 0.2) is 0 Å². The van der Waals surface area contributed by atoms with Gasteiger partial charge in [-0.05, 0) is 42.0 Å². The lowest BCUT2D eigenvalue weighted by Gasteiger charge is -1.98. The minimum atomic E-state index is 0.877. The summed E-state index contributed by atoms with van der Waals surface area (Å²) < 4.78 is 6.31. The SMILES string of the molecule is COc1ccc2[nH]c(-c3cccc(Br)c3)cc2c1. The Morgan fingerprint density at radius 2 is 1.94 bits per heavy atom. The highest BCUT2D eigenvalue weighted by Crippen LogP contribution is 2.28. The van der Waals surface area contributed by atoms with E-state index in [1.807, 2.05) is 30.3 Å². The van der Waals surface area contributed by atoms with Crippen LogP contribution in [0.3, 0.4) is 0 Å². The second-order valence-corrected chi connectivity index (χ2v) is 5.06. The van der Waals surface area contributed by atoms with E-state index in [2.05, 4.69) is 39.1 Å². The number of halogens is 1. The third-order valence-corrected chi connectivity index (χ3v) is 3.46. The Balaban J connectivity index is 2.13. The molecule has 0 radical (unpaired) electrons. The maximum Gasteiger partial charge on any atom is 0.119 e. The quantitative estimate of drug-likeness (QED) is 0.735. The van der Waals surface area contributed by atoms with E-state index in [0.29, 0.717) is 0 Å². The average molecular weight is 302 g/mol. The van der Waals surface area contributed by atoms with Crippen LogP contribution in [0.1, 0.15) is 0 Å². The largest absolute Gasteiger partial charge is 0.497 e. The zero-order chi connectivity index (χ0) is 12.5. The fourth-order valence-corrected chi connectivity index (χ4v) is 2.45. The molecule has 0 unspecified atom stereocenters. The summed E-state index contributed by atoms with van der Waals surface area (Å²) in [6.45, 7) is 0. The lowest BCUT2D eigenvalue weighted by atomic mass is 10.1. The molecule has 0 aliphatic carbocycles. The number of ether oxygens (including phenoxy) is 1. The van der Waals surface area contributed by atoms with Gasteiger partial charge in [0.05, 0.1) is 7.11 Å². The lowest BCUT2D eigenvalue weighted by Crippen LogP contribution is -1.80. The maximum absolute atomic E-state index is 5.23. The zero-order valence-corrected chi connectivity index (χ0v) is 11.5. The van der Waals surface area contributed by atoms with Gasteiger partial charge in [-0.3, -0.25) is 0 Å². The van der Waals surface area contributed by atoms with E-state index in [1.165, 1.54) is 5.56 Å². The third-order valence-electron chi connectivity index (χ3n) is 2.96. The van der Waals surface area contributed by atoms with Crippen LogP contribution in [0.4, 0.5) is 0 Å². The molecular formula is C15H12BrNO. The summed E-state index contributed by atoms with van der Waals surface area (Å²) in [4.78, 5) is 3.41. The van der Waals surface area contributed by atoms with Gasteiger partial charge in [0.2, 0.25) is 0 Å². The number of nitrogens with one attached hydrogen (secondary N) is 1. The van der Waals surface area contributed by atoms with Gasteiger partial charge in [-0.1, -0.05) is 28.1 Å². The van der Waals surface area contributed by atoms with E-state index >= 15 is 0 Å². The highest BCUT2D eigenvalue weighted by molar-refractivity contribution is 9.10. The smallest absolute Gasteiger partial charge is 0.119 e. The Bertz CT molecular complexity index is 703. The van der Waals surface area contributed by atoms with Gasteiger partial charge in [0, 0.05) is 21.1 Å². The first-order valence-corrected chi connectivity index (χ1v) is 6.48. The molecule has 0 aliphatic heterocycles. The van der Waals surface area contributed by atoms with E-state index in [4.69, 9.17) is 4.74 Å². The molecule has 90 valence electrons. The van der Waals surface area contributed by atoms with Gasteiger partial charge >= 0.3 is 0 Å². The van der Waals surface area contributed by atoms with Crippen LogP contribution in [0.25, 0.3) is 22.2 Å². The molecule has 0 atom stereocenters. The molecule has 3 heteroatoms. The first kappa shape index (κ1) is 11.4. The normalized spacial score (nSPS) is 10.8. The molecule has 0 saturated carbocycles. The number of aromatic nitrogens is 1. The molecule has 0 bridgehead atoms. The molecule has 3 rings (SSSR count). The summed E-state index contributed by atoms with van der Waals surface area (Å²) in [7, 11) is 1.68. The molecule has 0 saturated heterocycles. The Morgan fingerprint density at radius 3 is 2.72 bits per heavy atom. The topological polar surface area (TPSA) is 25.0 Å². The van der Waals surface area contributed by atoms with Crippen LogP contribution < -0.4 is 4.74 Å². The van der Waals surface area contributed by atoms with Crippen molar-refractivity contribution in [1.29, 1.82) is 0 Å². The van der Waals surface area contributed by atoms with Gasteiger partial charge < -0.3 is 9.72 Å². The van der Waals surface area contributed by atoms with Crippen LogP contribution in [-0.4, -0.2) is 12.1 Å². The summed E-state index contributed by atoms with van der Waals surface area (Å²) in [6, 6.07) is 16.4. The summed E-state index contributed by atoms with van der Waals surface area (Å²) in [6.07, 6.45) is 0. The van der Waals surface area contributed by atoms with Crippen LogP contribution in [0.5, 0.6) is 5.75 Å². The van der Waals surface area contributed by atoms with Crippen molar-refractivity contribution in [3.63, 3.8) is 0 Å². The molecule has 2 aromatic carbocycles. The maximum atomic E-state index is 5.23. The summed E-state index contributed by atoms with van der Waals surface area (Å²) in [5.74, 6) is 0.877. The number of hydrogen-bond donors (Lipinski definition) is 1. The molecule has 0 spiro atoms. The van der Waals surface area contributed by atoms with Crippen LogP contribution in [0.15, 0.2) is 53.0 Å². The zero-order valence-electron chi connectivity index (χ0n) is 9.91. The monoisotopic (exact) mass is 301 g/mol. The van der Waals surface area contributed by atoms with E-state index < -0.39 is 0 Å². The van der Waals surface area contributed by atoms with Crippen molar-refractivity contribution >= 4 is 26.8 Å². The van der Waals surface area contributed by atoms with Gasteiger partial charge in [0.1, 0.15) is 5.75 Å². The Labute approximate surface area is 114 Å². The number of rotatable bonds is 2. The van der Waals surface area contributed by atoms with E-state index in [-0.39, 0.29) is 0 Å². The minimum Gasteiger partial charge on any atom is -0.497 e. The molecular weight excluding hydrogens is 290 g/mol. The number of hydrogen-bond acceptors (Lipinski definition) is 1. The molecule has 1 heterocycles. The predicted octanol–water partition coefficient (Wildman–Crippen LogP) is 4.61. The molecule has 0 aliphatic rings. The molecule has 0 fully saturated rings. The van der Waals surface area contributed by atoms with Gasteiger partial charge in [-0.15, -0.1) is 0 Å². The van der Waals surface area contributed by atoms with Crippen LogP contribution in [0.2, 0.25) is 0 Å². The van der Waals surface area contributed by atoms with E-state index in [0.717, 1.165) is 26.8 Å². The van der Waals surface area contributed by atoms with Crippen LogP contribution in [-0.2, 0) is 0 Å². The fraction of sp³-hybridized carbons (Fsp3) is 0.0667. The molecule has 3 aromatic rings. The van der Waals surface area contributed by atoms with Gasteiger partial charge in [-0.25, -0.2) is 0 Å². The number of methoxy groups -OCH3 is 1. The Morgan fingerprint density at radius 1 is 1.06 bits per heavy atom. The highest BCUT2D eigenvalue weighted by Gasteiger charge is 2.04. The Hall–Kier alpha value is -1.74. The first-order valence-electron chi connectivity index (χ1n) is 5.69. The van der Waals surface area contributed by atoms with Gasteiger partial charge in [0.25, 0.3) is 0 Å². The summed E-state index contributed by atoms with van der Waals surface area (Å²) >= 11 is 3.49. The fourth-order valence-electron chi connectivity index (χ4n) is 2.05. The van der Waals surface area contributed by atoms with Crippen molar-refractivity contribution in [2.45, 2.75) is 0 Å². The highest BCUT2D eigenvalue weighted by atomic mass is 79.9. The van der Waals surface area contributed by atoms with Crippen molar-refractivity contribution in [2.24, 2.45) is 0 Å². The van der Waals surface area contributed by atoms with E-state index in [9.17, 15) is 0 Å². The van der Waals surface area contributed by atoms with Crippen molar-refractivity contribution in [1.82, 2.24) is 4.98 Å². The first-order chi connectivity index (χ1) is 8.76. The molecule has 0 amide bonds. The lowest BCUT2D eigenvalue weighted by molar-refractivity contribution is 0.415. The minimum absolute atomic E-state index is 0.877. The second kappa shape index (κ2) is 4.50. The second-order valence-electron chi connectivity index (χ2n) is 4.15. The summed E-state index contributed by atoms with van der Waals surface area (Å²) in [5, 5.41) is 1.16. The predicted molar refractivity (Wildman–Crippen MR) is 78.0 cm³/mol. The average Bonchev–Trinajstić information content (AvgIpc) is 2.81. The number of benzene rings is 2. The number of aromatic amines is 1. The summed E-state index contributed by atoms with van der Waals surface area (Å²) in [5.41, 5.74) is 3.39. The van der Waals surface area contributed by atoms with Crippen LogP contribution in [0, 0.1) is 0 Å². The number of fused-ring (bicyclic) bond motifs is 1. The standard InChI is InChI=1S/C15H12BrNO/c1-18-13-5-6-14-11(8-13)9-15(17-14)10-3-2-4-12(16)7-10/h2-9,17H,1H3. The Kier molecular flexibility index (Phi) is 2.84. The third kappa shape index (κ3) is 2.02. The molecule has 18 heavy (non-hydrogen) atoms. The van der Waals surface area contributed by atoms with E-state index in [1.54, 1.807) is 7.11 Å². The van der Waals surface area contributed by atoms with Gasteiger partial charge in [-0.2, -0.15) is 0 Å². The number of H-pyrrole nitrogens is 1. The van der Waals surface area contributed by atoms with Crippen molar-refractivity contribution in [3.8, 4) is 17.0 Å². The van der Waals surface area contributed by atoms with Crippen molar-refractivity contribution in [2.75, 3.05) is 7.11 Å². The molecule has 1 N–H and O–H groups in total. The van der Waals surface area contributed by atoms with Crippen molar-refractivity contribution in [3.05, 3.63) is 53.0 Å². The molecule has 2 nitrogen and oxygen atoms in total.